The smallest absolute Gasteiger partial charge is 0.218 e. The summed E-state index contributed by atoms with van der Waals surface area (Å²) in [5.41, 5.74) is 0. The van der Waals surface area contributed by atoms with Crippen LogP contribution in [0.3, 0.4) is 0 Å². The normalized spacial score (nSPS) is 11.3. The van der Waals surface area contributed by atoms with Crippen LogP contribution in [0.2, 0.25) is 0 Å². The van der Waals surface area contributed by atoms with E-state index in [1.165, 1.54) is 89.9 Å². The van der Waals surface area contributed by atoms with E-state index < -0.39 is 0 Å². The van der Waals surface area contributed by atoms with E-state index in [1.54, 1.807) is 0 Å². The number of nitrogens with zero attached hydrogens (tertiary/aromatic N) is 3. The first-order valence-corrected chi connectivity index (χ1v) is 11.1. The molecule has 1 aromatic rings. The topological polar surface area (TPSA) is 30.7 Å². The minimum absolute atomic E-state index is 0.662. The number of rotatable bonds is 15. The third kappa shape index (κ3) is 11.3. The molecule has 0 aromatic carbocycles. The highest BCUT2D eigenvalue weighted by Gasteiger charge is 2.03. The van der Waals surface area contributed by atoms with Gasteiger partial charge in [-0.2, -0.15) is 4.98 Å². The molecule has 0 saturated heterocycles. The van der Waals surface area contributed by atoms with Gasteiger partial charge in [0, 0.05) is 6.54 Å². The average molecular weight is 451 g/mol. The van der Waals surface area contributed by atoms with Gasteiger partial charge in [0.2, 0.25) is 4.73 Å². The fraction of sp³-hybridized carbons (Fsp3) is 0.889. The molecule has 0 fully saturated rings. The highest BCUT2D eigenvalue weighted by atomic mass is 79.9. The van der Waals surface area contributed by atoms with Crippen LogP contribution in [0, 0.1) is 0 Å². The number of hydrogen-bond acceptors (Lipinski definition) is 2. The Morgan fingerprint density at radius 2 is 1.13 bits per heavy atom. The SMILES string of the molecule is CCCCCCCCCCCCCCCCn1nc(Br)nc1Br. The van der Waals surface area contributed by atoms with Crippen LogP contribution in [-0.4, -0.2) is 14.8 Å². The van der Waals surface area contributed by atoms with Crippen LogP contribution in [0.1, 0.15) is 96.8 Å². The minimum atomic E-state index is 0.662. The van der Waals surface area contributed by atoms with Crippen molar-refractivity contribution in [1.29, 1.82) is 0 Å². The Kier molecular flexibility index (Phi) is 13.3. The first-order valence-electron chi connectivity index (χ1n) is 9.50. The number of unbranched alkanes of at least 4 members (excludes halogenated alkanes) is 13. The van der Waals surface area contributed by atoms with Crippen LogP contribution >= 0.6 is 31.9 Å². The highest BCUT2D eigenvalue weighted by Crippen LogP contribution is 2.15. The van der Waals surface area contributed by atoms with Crippen LogP contribution in [0.4, 0.5) is 0 Å². The van der Waals surface area contributed by atoms with Gasteiger partial charge < -0.3 is 0 Å². The molecule has 0 aliphatic rings. The molecule has 5 heteroatoms. The zero-order valence-electron chi connectivity index (χ0n) is 14.7. The van der Waals surface area contributed by atoms with Crippen LogP contribution < -0.4 is 0 Å². The van der Waals surface area contributed by atoms with Crippen molar-refractivity contribution in [3.63, 3.8) is 0 Å². The molecule has 1 heterocycles. The van der Waals surface area contributed by atoms with Gasteiger partial charge in [0.15, 0.2) is 4.73 Å². The Hall–Kier alpha value is 0.1000. The van der Waals surface area contributed by atoms with Crippen LogP contribution in [-0.2, 0) is 6.54 Å². The lowest BCUT2D eigenvalue weighted by Crippen LogP contribution is -2.00. The maximum absolute atomic E-state index is 4.28. The lowest BCUT2D eigenvalue weighted by atomic mass is 10.0. The molecule has 3 nitrogen and oxygen atoms in total. The molecule has 0 saturated carbocycles. The van der Waals surface area contributed by atoms with Gasteiger partial charge in [0.05, 0.1) is 0 Å². The molecule has 0 atom stereocenters. The van der Waals surface area contributed by atoms with Crippen molar-refractivity contribution in [3.05, 3.63) is 9.47 Å². The highest BCUT2D eigenvalue weighted by molar-refractivity contribution is 9.11. The fourth-order valence-electron chi connectivity index (χ4n) is 2.90. The van der Waals surface area contributed by atoms with Gasteiger partial charge in [-0.15, -0.1) is 5.10 Å². The summed E-state index contributed by atoms with van der Waals surface area (Å²) in [5, 5.41) is 4.28. The van der Waals surface area contributed by atoms with Crippen LogP contribution in [0.5, 0.6) is 0 Å². The Balaban J connectivity index is 1.79. The van der Waals surface area contributed by atoms with Gasteiger partial charge >= 0.3 is 0 Å². The molecule has 0 amide bonds. The molecule has 0 aliphatic carbocycles. The maximum Gasteiger partial charge on any atom is 0.218 e. The average Bonchev–Trinajstić information content (AvgIpc) is 2.85. The third-order valence-corrected chi connectivity index (χ3v) is 5.25. The van der Waals surface area contributed by atoms with Crippen molar-refractivity contribution in [1.82, 2.24) is 14.8 Å². The number of hydrogen-bond donors (Lipinski definition) is 0. The molecule has 0 unspecified atom stereocenters. The Labute approximate surface area is 159 Å². The molecule has 134 valence electrons. The van der Waals surface area contributed by atoms with E-state index in [9.17, 15) is 0 Å². The molecule has 0 spiro atoms. The maximum atomic E-state index is 4.28. The van der Waals surface area contributed by atoms with E-state index in [0.29, 0.717) is 4.73 Å². The first-order chi connectivity index (χ1) is 11.2. The summed E-state index contributed by atoms with van der Waals surface area (Å²) in [6.45, 7) is 3.24. The van der Waals surface area contributed by atoms with Crippen molar-refractivity contribution in [2.75, 3.05) is 0 Å². The number of aryl methyl sites for hydroxylation is 1. The van der Waals surface area contributed by atoms with E-state index in [4.69, 9.17) is 0 Å². The molecule has 0 N–H and O–H groups in total. The summed E-state index contributed by atoms with van der Waals surface area (Å²) in [6, 6.07) is 0. The van der Waals surface area contributed by atoms with E-state index in [2.05, 4.69) is 48.9 Å². The van der Waals surface area contributed by atoms with E-state index >= 15 is 0 Å². The van der Waals surface area contributed by atoms with Crippen LogP contribution in [0.25, 0.3) is 0 Å². The van der Waals surface area contributed by atoms with E-state index in [-0.39, 0.29) is 0 Å². The van der Waals surface area contributed by atoms with Crippen molar-refractivity contribution in [2.24, 2.45) is 0 Å². The summed E-state index contributed by atoms with van der Waals surface area (Å²) in [4.78, 5) is 4.18. The molecule has 0 bridgehead atoms. The van der Waals surface area contributed by atoms with Gasteiger partial charge in [0.1, 0.15) is 0 Å². The molecule has 1 rings (SSSR count). The monoisotopic (exact) mass is 449 g/mol. The lowest BCUT2D eigenvalue weighted by molar-refractivity contribution is 0.505. The van der Waals surface area contributed by atoms with E-state index in [0.717, 1.165) is 11.3 Å². The second kappa shape index (κ2) is 14.4. The summed E-state index contributed by atoms with van der Waals surface area (Å²) in [5.74, 6) is 0. The fourth-order valence-corrected chi connectivity index (χ4v) is 3.92. The van der Waals surface area contributed by atoms with Gasteiger partial charge in [-0.1, -0.05) is 90.4 Å². The van der Waals surface area contributed by atoms with E-state index in [1.807, 2.05) is 4.68 Å². The summed E-state index contributed by atoms with van der Waals surface area (Å²) in [7, 11) is 0. The Bertz CT molecular complexity index is 394. The number of aromatic nitrogens is 3. The summed E-state index contributed by atoms with van der Waals surface area (Å²) < 4.78 is 3.40. The largest absolute Gasteiger partial charge is 0.239 e. The van der Waals surface area contributed by atoms with Crippen LogP contribution in [0.15, 0.2) is 9.47 Å². The lowest BCUT2D eigenvalue weighted by Gasteiger charge is -2.04. The molecule has 1 aromatic heterocycles. The van der Waals surface area contributed by atoms with Gasteiger partial charge in [-0.25, -0.2) is 4.68 Å². The zero-order chi connectivity index (χ0) is 16.8. The predicted molar refractivity (Wildman–Crippen MR) is 106 cm³/mol. The molecule has 23 heavy (non-hydrogen) atoms. The zero-order valence-corrected chi connectivity index (χ0v) is 17.9. The Morgan fingerprint density at radius 3 is 1.52 bits per heavy atom. The predicted octanol–water partition coefficient (Wildman–Crippen LogP) is 7.28. The van der Waals surface area contributed by atoms with Gasteiger partial charge in [0.25, 0.3) is 0 Å². The molecular weight excluding hydrogens is 418 g/mol. The molecular formula is C18H33Br2N3. The second-order valence-electron chi connectivity index (χ2n) is 6.47. The third-order valence-electron chi connectivity index (χ3n) is 4.32. The minimum Gasteiger partial charge on any atom is -0.239 e. The standard InChI is InChI=1S/C18H33Br2N3/c1-2-3-4-5-6-7-8-9-10-11-12-13-14-15-16-23-18(20)21-17(19)22-23/h2-16H2,1H3. The summed E-state index contributed by atoms with van der Waals surface area (Å²) >= 11 is 6.71. The van der Waals surface area contributed by atoms with Crippen molar-refractivity contribution in [2.45, 2.75) is 103 Å². The quantitative estimate of drug-likeness (QED) is 0.262. The number of halogens is 2. The summed E-state index contributed by atoms with van der Waals surface area (Å²) in [6.07, 6.45) is 19.5. The second-order valence-corrected chi connectivity index (χ2v) is 7.89. The van der Waals surface area contributed by atoms with Crippen molar-refractivity contribution < 1.29 is 0 Å². The van der Waals surface area contributed by atoms with Crippen molar-refractivity contribution >= 4 is 31.9 Å². The van der Waals surface area contributed by atoms with Gasteiger partial charge in [-0.05, 0) is 38.3 Å². The Morgan fingerprint density at radius 1 is 0.696 bits per heavy atom. The molecule has 0 radical (unpaired) electrons. The molecule has 0 aliphatic heterocycles. The van der Waals surface area contributed by atoms with Crippen molar-refractivity contribution in [3.8, 4) is 0 Å². The van der Waals surface area contributed by atoms with Gasteiger partial charge in [-0.3, -0.25) is 0 Å². The first kappa shape index (κ1) is 21.1.